The Balaban J connectivity index is 1.95. The molecule has 0 bridgehead atoms. The van der Waals surface area contributed by atoms with Crippen molar-refractivity contribution in [2.45, 2.75) is 18.6 Å². The van der Waals surface area contributed by atoms with Crippen LogP contribution in [0.2, 0.25) is 0 Å². The molecule has 0 spiro atoms. The molecule has 0 unspecified atom stereocenters. The third-order valence-electron chi connectivity index (χ3n) is 3.17. The quantitative estimate of drug-likeness (QED) is 0.673. The number of phenolic OH excluding ortho intramolecular Hbond substituents is 1. The molecule has 102 valence electrons. The second-order valence-electron chi connectivity index (χ2n) is 4.63. The highest BCUT2D eigenvalue weighted by molar-refractivity contribution is 5.91. The number of hydrogen-bond acceptors (Lipinski definition) is 4. The molecule has 1 aliphatic rings. The van der Waals surface area contributed by atoms with E-state index in [1.54, 1.807) is 30.3 Å². The number of hydrogen-bond donors (Lipinski definition) is 3. The standard InChI is InChI=1S/C14H17NO4/c16-11-4-1-10(2-5-11)3-6-14(19)15-8-7-12(17)13(18)9-15/h1-6,12-13,16-18H,7-9H2/b6-3+/t12-,13+/m1/s1. The highest BCUT2D eigenvalue weighted by Gasteiger charge is 2.27. The Morgan fingerprint density at radius 2 is 1.89 bits per heavy atom. The van der Waals surface area contributed by atoms with Gasteiger partial charge in [-0.05, 0) is 30.2 Å². The predicted molar refractivity (Wildman–Crippen MR) is 70.4 cm³/mol. The highest BCUT2D eigenvalue weighted by atomic mass is 16.3. The van der Waals surface area contributed by atoms with Crippen LogP contribution in [0.5, 0.6) is 5.75 Å². The fourth-order valence-electron chi connectivity index (χ4n) is 1.98. The molecule has 0 radical (unpaired) electrons. The molecule has 1 fully saturated rings. The molecular weight excluding hydrogens is 246 g/mol. The van der Waals surface area contributed by atoms with E-state index in [1.807, 2.05) is 0 Å². The molecule has 1 heterocycles. The molecule has 3 N–H and O–H groups in total. The number of phenols is 1. The molecule has 19 heavy (non-hydrogen) atoms. The molecule has 5 heteroatoms. The molecule has 0 saturated carbocycles. The van der Waals surface area contributed by atoms with Crippen LogP contribution in [0.25, 0.3) is 6.08 Å². The van der Waals surface area contributed by atoms with Crippen molar-refractivity contribution in [2.24, 2.45) is 0 Å². The van der Waals surface area contributed by atoms with Crippen molar-refractivity contribution >= 4 is 12.0 Å². The summed E-state index contributed by atoms with van der Waals surface area (Å²) in [4.78, 5) is 13.4. The number of aliphatic hydroxyl groups excluding tert-OH is 2. The van der Waals surface area contributed by atoms with Crippen LogP contribution >= 0.6 is 0 Å². The van der Waals surface area contributed by atoms with Crippen LogP contribution in [0, 0.1) is 0 Å². The lowest BCUT2D eigenvalue weighted by Gasteiger charge is -2.32. The number of aromatic hydroxyl groups is 1. The van der Waals surface area contributed by atoms with Crippen molar-refractivity contribution in [2.75, 3.05) is 13.1 Å². The Bertz CT molecular complexity index is 469. The van der Waals surface area contributed by atoms with Gasteiger partial charge in [-0.25, -0.2) is 0 Å². The molecule has 1 amide bonds. The first-order chi connectivity index (χ1) is 9.06. The van der Waals surface area contributed by atoms with E-state index in [9.17, 15) is 15.0 Å². The summed E-state index contributed by atoms with van der Waals surface area (Å²) in [5.74, 6) is -0.0179. The number of benzene rings is 1. The first-order valence-corrected chi connectivity index (χ1v) is 6.18. The van der Waals surface area contributed by atoms with Crippen LogP contribution in [0.15, 0.2) is 30.3 Å². The monoisotopic (exact) mass is 263 g/mol. The summed E-state index contributed by atoms with van der Waals surface area (Å²) in [6.07, 6.45) is 1.85. The Hall–Kier alpha value is -1.85. The molecule has 1 saturated heterocycles. The van der Waals surface area contributed by atoms with Crippen molar-refractivity contribution in [3.8, 4) is 5.75 Å². The first-order valence-electron chi connectivity index (χ1n) is 6.18. The van der Waals surface area contributed by atoms with Gasteiger partial charge in [-0.2, -0.15) is 0 Å². The van der Waals surface area contributed by atoms with E-state index in [4.69, 9.17) is 5.11 Å². The number of rotatable bonds is 2. The van der Waals surface area contributed by atoms with E-state index in [0.29, 0.717) is 13.0 Å². The molecular formula is C14H17NO4. The van der Waals surface area contributed by atoms with Crippen molar-refractivity contribution in [1.82, 2.24) is 4.90 Å². The Morgan fingerprint density at radius 3 is 2.53 bits per heavy atom. The van der Waals surface area contributed by atoms with Gasteiger partial charge in [0.15, 0.2) is 0 Å². The van der Waals surface area contributed by atoms with Crippen LogP contribution in [-0.2, 0) is 4.79 Å². The van der Waals surface area contributed by atoms with Crippen molar-refractivity contribution in [3.63, 3.8) is 0 Å². The van der Waals surface area contributed by atoms with E-state index < -0.39 is 12.2 Å². The van der Waals surface area contributed by atoms with Gasteiger partial charge in [-0.3, -0.25) is 4.79 Å². The van der Waals surface area contributed by atoms with Crippen molar-refractivity contribution < 1.29 is 20.1 Å². The maximum Gasteiger partial charge on any atom is 0.246 e. The molecule has 5 nitrogen and oxygen atoms in total. The minimum atomic E-state index is -0.875. The summed E-state index contributed by atoms with van der Waals surface area (Å²) in [5.41, 5.74) is 0.809. The molecule has 0 aliphatic carbocycles. The second kappa shape index (κ2) is 5.86. The van der Waals surface area contributed by atoms with Gasteiger partial charge >= 0.3 is 0 Å². The van der Waals surface area contributed by atoms with Gasteiger partial charge in [0.05, 0.1) is 12.2 Å². The molecule has 1 aromatic carbocycles. The minimum absolute atomic E-state index is 0.153. The largest absolute Gasteiger partial charge is 0.508 e. The van der Waals surface area contributed by atoms with E-state index >= 15 is 0 Å². The van der Waals surface area contributed by atoms with E-state index in [0.717, 1.165) is 5.56 Å². The van der Waals surface area contributed by atoms with Gasteiger partial charge in [0.2, 0.25) is 5.91 Å². The number of β-amino-alcohol motifs (C(OH)–C–C–N with tert-alkyl or cyclic N) is 1. The summed E-state index contributed by atoms with van der Waals surface area (Å²) in [6, 6.07) is 6.50. The normalized spacial score (nSPS) is 23.8. The summed E-state index contributed by atoms with van der Waals surface area (Å²) >= 11 is 0. The van der Waals surface area contributed by atoms with Gasteiger partial charge < -0.3 is 20.2 Å². The van der Waals surface area contributed by atoms with Crippen LogP contribution < -0.4 is 0 Å². The highest BCUT2D eigenvalue weighted by Crippen LogP contribution is 2.13. The predicted octanol–water partition coefficient (Wildman–Crippen LogP) is 0.359. The van der Waals surface area contributed by atoms with Gasteiger partial charge in [0.1, 0.15) is 5.75 Å². The van der Waals surface area contributed by atoms with Gasteiger partial charge in [-0.15, -0.1) is 0 Å². The molecule has 2 atom stereocenters. The van der Waals surface area contributed by atoms with E-state index in [2.05, 4.69) is 0 Å². The Kier molecular flexibility index (Phi) is 4.19. The molecule has 1 aliphatic heterocycles. The van der Waals surface area contributed by atoms with Gasteiger partial charge in [-0.1, -0.05) is 12.1 Å². The van der Waals surface area contributed by atoms with Crippen LogP contribution in [0.3, 0.4) is 0 Å². The first kappa shape index (κ1) is 13.6. The molecule has 1 aromatic rings. The fourth-order valence-corrected chi connectivity index (χ4v) is 1.98. The van der Waals surface area contributed by atoms with Crippen LogP contribution in [0.1, 0.15) is 12.0 Å². The minimum Gasteiger partial charge on any atom is -0.508 e. The fraction of sp³-hybridized carbons (Fsp3) is 0.357. The number of carbonyl (C=O) groups is 1. The van der Waals surface area contributed by atoms with E-state index in [-0.39, 0.29) is 18.2 Å². The van der Waals surface area contributed by atoms with Gasteiger partial charge in [0, 0.05) is 19.2 Å². The summed E-state index contributed by atoms with van der Waals surface area (Å²) in [5, 5.41) is 28.0. The Morgan fingerprint density at radius 1 is 1.21 bits per heavy atom. The summed E-state index contributed by atoms with van der Waals surface area (Å²) in [6.45, 7) is 0.594. The third kappa shape index (κ3) is 3.56. The number of carbonyl (C=O) groups excluding carboxylic acids is 1. The zero-order valence-corrected chi connectivity index (χ0v) is 10.4. The van der Waals surface area contributed by atoms with Crippen molar-refractivity contribution in [1.29, 1.82) is 0 Å². The Labute approximate surface area is 111 Å². The average molecular weight is 263 g/mol. The van der Waals surface area contributed by atoms with E-state index in [1.165, 1.54) is 11.0 Å². The van der Waals surface area contributed by atoms with Crippen molar-refractivity contribution in [3.05, 3.63) is 35.9 Å². The summed E-state index contributed by atoms with van der Waals surface area (Å²) < 4.78 is 0. The number of nitrogens with zero attached hydrogens (tertiary/aromatic N) is 1. The second-order valence-corrected chi connectivity index (χ2v) is 4.63. The lowest BCUT2D eigenvalue weighted by molar-refractivity contribution is -0.132. The maximum atomic E-state index is 11.9. The van der Waals surface area contributed by atoms with Crippen LogP contribution in [-0.4, -0.2) is 51.4 Å². The smallest absolute Gasteiger partial charge is 0.246 e. The summed E-state index contributed by atoms with van der Waals surface area (Å²) in [7, 11) is 0. The average Bonchev–Trinajstić information content (AvgIpc) is 2.41. The zero-order chi connectivity index (χ0) is 13.8. The lowest BCUT2D eigenvalue weighted by atomic mass is 10.1. The van der Waals surface area contributed by atoms with Gasteiger partial charge in [0.25, 0.3) is 0 Å². The number of amides is 1. The zero-order valence-electron chi connectivity index (χ0n) is 10.4. The molecule has 0 aromatic heterocycles. The number of piperidine rings is 1. The molecule has 2 rings (SSSR count). The SMILES string of the molecule is O=C(/C=C/c1ccc(O)cc1)N1CC[C@@H](O)[C@@H](O)C1. The number of aliphatic hydroxyl groups is 2. The third-order valence-corrected chi connectivity index (χ3v) is 3.17. The maximum absolute atomic E-state index is 11.9. The lowest BCUT2D eigenvalue weighted by Crippen LogP contribution is -2.48. The number of likely N-dealkylation sites (tertiary alicyclic amines) is 1. The topological polar surface area (TPSA) is 81.0 Å². The van der Waals surface area contributed by atoms with Crippen LogP contribution in [0.4, 0.5) is 0 Å².